The molecule has 0 radical (unpaired) electrons. The Bertz CT molecular complexity index is 819. The molecule has 26 heavy (non-hydrogen) atoms. The minimum absolute atomic E-state index is 0.180. The zero-order valence-electron chi connectivity index (χ0n) is 13.5. The summed E-state index contributed by atoms with van der Waals surface area (Å²) < 4.78 is 48.7. The van der Waals surface area contributed by atoms with Gasteiger partial charge >= 0.3 is 6.18 Å². The van der Waals surface area contributed by atoms with Crippen LogP contribution >= 0.6 is 0 Å². The molecule has 1 N–H and O–H groups in total. The van der Waals surface area contributed by atoms with Gasteiger partial charge in [0, 0.05) is 18.1 Å². The Morgan fingerprint density at radius 1 is 1.27 bits per heavy atom. The molecule has 2 heterocycles. The molecule has 8 heteroatoms. The average Bonchev–Trinajstić information content (AvgIpc) is 2.61. The molecule has 0 fully saturated rings. The second-order valence-electron chi connectivity index (χ2n) is 5.57. The van der Waals surface area contributed by atoms with Crippen LogP contribution in [0.3, 0.4) is 0 Å². The summed E-state index contributed by atoms with van der Waals surface area (Å²) in [4.78, 5) is 15.7. The fourth-order valence-corrected chi connectivity index (χ4v) is 2.51. The van der Waals surface area contributed by atoms with E-state index in [1.165, 1.54) is 18.2 Å². The summed E-state index contributed by atoms with van der Waals surface area (Å²) in [6, 6.07) is 7.33. The van der Waals surface area contributed by atoms with Crippen molar-refractivity contribution in [2.75, 3.05) is 6.61 Å². The molecule has 0 aliphatic carbocycles. The molecule has 1 amide bonds. The summed E-state index contributed by atoms with van der Waals surface area (Å²) in [5.41, 5.74) is -0.0568. The fourth-order valence-electron chi connectivity index (χ4n) is 2.51. The van der Waals surface area contributed by atoms with Crippen LogP contribution in [0.25, 0.3) is 0 Å². The lowest BCUT2D eigenvalue weighted by Crippen LogP contribution is -2.31. The largest absolute Gasteiger partial charge is 0.477 e. The predicted molar refractivity (Wildman–Crippen MR) is 86.9 cm³/mol. The quantitative estimate of drug-likeness (QED) is 0.833. The lowest BCUT2D eigenvalue weighted by atomic mass is 10.0. The first kappa shape index (κ1) is 17.8. The van der Waals surface area contributed by atoms with E-state index in [4.69, 9.17) is 9.47 Å². The number of carbonyl (C=O) groups excluding carboxylic acids is 1. The van der Waals surface area contributed by atoms with E-state index >= 15 is 0 Å². The number of benzene rings is 1. The lowest BCUT2D eigenvalue weighted by molar-refractivity contribution is -0.137. The van der Waals surface area contributed by atoms with Crippen molar-refractivity contribution in [3.63, 3.8) is 0 Å². The molecule has 0 saturated heterocycles. The van der Waals surface area contributed by atoms with E-state index in [2.05, 4.69) is 16.9 Å². The summed E-state index contributed by atoms with van der Waals surface area (Å²) in [5.74, 6) is 0.417. The van der Waals surface area contributed by atoms with Crippen molar-refractivity contribution < 1.29 is 27.4 Å². The molecule has 3 rings (SSSR count). The first-order chi connectivity index (χ1) is 12.4. The topological polar surface area (TPSA) is 60.5 Å². The van der Waals surface area contributed by atoms with Crippen LogP contribution in [0.15, 0.2) is 49.1 Å². The Morgan fingerprint density at radius 2 is 2.00 bits per heavy atom. The second-order valence-corrected chi connectivity index (χ2v) is 5.57. The molecule has 1 atom stereocenters. The van der Waals surface area contributed by atoms with E-state index < -0.39 is 11.7 Å². The van der Waals surface area contributed by atoms with Gasteiger partial charge in [-0.05, 0) is 36.4 Å². The number of nitrogens with one attached hydrogen (secondary N) is 1. The average molecular weight is 364 g/mol. The summed E-state index contributed by atoms with van der Waals surface area (Å²) in [6.45, 7) is 3.78. The number of nitrogens with zero attached hydrogens (tertiary/aromatic N) is 1. The third kappa shape index (κ3) is 3.96. The van der Waals surface area contributed by atoms with Gasteiger partial charge < -0.3 is 14.8 Å². The minimum Gasteiger partial charge on any atom is -0.477 e. The van der Waals surface area contributed by atoms with Gasteiger partial charge in [-0.25, -0.2) is 0 Å². The number of pyridine rings is 1. The highest BCUT2D eigenvalue weighted by Gasteiger charge is 2.30. The number of fused-ring (bicyclic) bond motifs is 1. The molecular formula is C18H15F3N2O3. The van der Waals surface area contributed by atoms with Crippen LogP contribution in [0.1, 0.15) is 23.6 Å². The number of carbonyl (C=O) groups is 1. The van der Waals surface area contributed by atoms with E-state index in [1.54, 1.807) is 12.1 Å². The Labute approximate surface area is 147 Å². The number of hydrogen-bond acceptors (Lipinski definition) is 4. The molecule has 136 valence electrons. The highest BCUT2D eigenvalue weighted by molar-refractivity contribution is 5.87. The van der Waals surface area contributed by atoms with Gasteiger partial charge in [-0.1, -0.05) is 6.58 Å². The maximum atomic E-state index is 12.6. The highest BCUT2D eigenvalue weighted by atomic mass is 19.4. The standard InChI is InChI=1S/C18H15F3N2O3/c1-2-15(24)22-14-9-10-25-17-13(14)7-8-16(23-17)26-12-5-3-11(4-6-12)18(19,20)21/h2-8,14H,1,9-10H2,(H,22,24). The van der Waals surface area contributed by atoms with E-state index in [1.807, 2.05) is 0 Å². The van der Waals surface area contributed by atoms with Gasteiger partial charge in [0.15, 0.2) is 0 Å². The van der Waals surface area contributed by atoms with Crippen molar-refractivity contribution in [1.82, 2.24) is 10.3 Å². The van der Waals surface area contributed by atoms with Gasteiger partial charge in [0.05, 0.1) is 18.2 Å². The number of aromatic nitrogens is 1. The van der Waals surface area contributed by atoms with Crippen LogP contribution in [-0.2, 0) is 11.0 Å². The van der Waals surface area contributed by atoms with Gasteiger partial charge in [0.2, 0.25) is 17.7 Å². The lowest BCUT2D eigenvalue weighted by Gasteiger charge is -2.25. The summed E-state index contributed by atoms with van der Waals surface area (Å²) in [6.07, 6.45) is -2.63. The zero-order chi connectivity index (χ0) is 18.7. The van der Waals surface area contributed by atoms with Crippen LogP contribution in [0.4, 0.5) is 13.2 Å². The Morgan fingerprint density at radius 3 is 2.65 bits per heavy atom. The van der Waals surface area contributed by atoms with Crippen molar-refractivity contribution in [2.45, 2.75) is 18.6 Å². The second kappa shape index (κ2) is 7.07. The highest BCUT2D eigenvalue weighted by Crippen LogP contribution is 2.34. The Balaban J connectivity index is 1.76. The SMILES string of the molecule is C=CC(=O)NC1CCOc2nc(Oc3ccc(C(F)(F)F)cc3)ccc21. The maximum Gasteiger partial charge on any atom is 0.416 e. The fraction of sp³-hybridized carbons (Fsp3) is 0.222. The normalized spacial score (nSPS) is 16.2. The van der Waals surface area contributed by atoms with E-state index in [-0.39, 0.29) is 23.6 Å². The number of hydrogen-bond donors (Lipinski definition) is 1. The number of rotatable bonds is 4. The number of alkyl halides is 3. The van der Waals surface area contributed by atoms with Crippen molar-refractivity contribution in [3.8, 4) is 17.5 Å². The Hall–Kier alpha value is -3.03. The Kier molecular flexibility index (Phi) is 4.83. The summed E-state index contributed by atoms with van der Waals surface area (Å²) >= 11 is 0. The van der Waals surface area contributed by atoms with E-state index in [0.717, 1.165) is 12.1 Å². The van der Waals surface area contributed by atoms with Gasteiger partial charge in [0.25, 0.3) is 0 Å². The smallest absolute Gasteiger partial charge is 0.416 e. The predicted octanol–water partition coefficient (Wildman–Crippen LogP) is 4.02. The monoisotopic (exact) mass is 364 g/mol. The molecule has 0 bridgehead atoms. The molecule has 1 aromatic carbocycles. The molecule has 1 aliphatic heterocycles. The van der Waals surface area contributed by atoms with Crippen LogP contribution in [-0.4, -0.2) is 17.5 Å². The molecule has 1 aliphatic rings. The number of amides is 1. The number of ether oxygens (including phenoxy) is 2. The van der Waals surface area contributed by atoms with Crippen molar-refractivity contribution in [2.24, 2.45) is 0 Å². The molecular weight excluding hydrogens is 349 g/mol. The summed E-state index contributed by atoms with van der Waals surface area (Å²) in [7, 11) is 0. The zero-order valence-corrected chi connectivity index (χ0v) is 13.5. The molecule has 0 spiro atoms. The first-order valence-corrected chi connectivity index (χ1v) is 7.78. The van der Waals surface area contributed by atoms with Gasteiger partial charge in [-0.3, -0.25) is 4.79 Å². The van der Waals surface area contributed by atoms with Crippen LogP contribution in [0.2, 0.25) is 0 Å². The molecule has 2 aromatic rings. The summed E-state index contributed by atoms with van der Waals surface area (Å²) in [5, 5.41) is 2.79. The number of halogens is 3. The van der Waals surface area contributed by atoms with Gasteiger partial charge in [-0.2, -0.15) is 18.2 Å². The van der Waals surface area contributed by atoms with Crippen LogP contribution < -0.4 is 14.8 Å². The first-order valence-electron chi connectivity index (χ1n) is 7.78. The van der Waals surface area contributed by atoms with Gasteiger partial charge in [-0.15, -0.1) is 0 Å². The maximum absolute atomic E-state index is 12.6. The van der Waals surface area contributed by atoms with Crippen molar-refractivity contribution >= 4 is 5.91 Å². The van der Waals surface area contributed by atoms with Crippen LogP contribution in [0.5, 0.6) is 17.5 Å². The molecule has 5 nitrogen and oxygen atoms in total. The third-order valence-electron chi connectivity index (χ3n) is 3.79. The van der Waals surface area contributed by atoms with E-state index in [0.29, 0.717) is 24.5 Å². The van der Waals surface area contributed by atoms with Crippen molar-refractivity contribution in [1.29, 1.82) is 0 Å². The molecule has 0 saturated carbocycles. The van der Waals surface area contributed by atoms with Crippen LogP contribution in [0, 0.1) is 0 Å². The minimum atomic E-state index is -4.40. The van der Waals surface area contributed by atoms with Crippen molar-refractivity contribution in [3.05, 3.63) is 60.2 Å². The third-order valence-corrected chi connectivity index (χ3v) is 3.79. The molecule has 1 aromatic heterocycles. The molecule has 1 unspecified atom stereocenters. The van der Waals surface area contributed by atoms with Gasteiger partial charge in [0.1, 0.15) is 5.75 Å². The van der Waals surface area contributed by atoms with E-state index in [9.17, 15) is 18.0 Å².